The summed E-state index contributed by atoms with van der Waals surface area (Å²) < 4.78 is 5.44. The maximum absolute atomic E-state index is 12.3. The molecule has 1 fully saturated rings. The molecule has 1 heterocycles. The average Bonchev–Trinajstić information content (AvgIpc) is 3.06. The van der Waals surface area contributed by atoms with E-state index in [0.717, 1.165) is 12.1 Å². The molecular formula is C19H17ClN2O4. The number of Topliss-reactive ketones (excluding diaryl/α,β-unsaturated/α-hetero) is 1. The number of carbonyl (C=O) groups is 3. The number of ether oxygens (including phenoxy) is 1. The molecule has 134 valence electrons. The molecule has 1 saturated heterocycles. The van der Waals surface area contributed by atoms with Crippen LogP contribution in [0, 0.1) is 0 Å². The first-order valence-corrected chi connectivity index (χ1v) is 8.49. The Labute approximate surface area is 155 Å². The molecule has 1 aliphatic heterocycles. The van der Waals surface area contributed by atoms with Crippen molar-refractivity contribution in [3.05, 3.63) is 58.6 Å². The van der Waals surface area contributed by atoms with Crippen LogP contribution in [0.1, 0.15) is 33.6 Å². The fourth-order valence-electron chi connectivity index (χ4n) is 2.80. The second kappa shape index (κ2) is 7.58. The van der Waals surface area contributed by atoms with Gasteiger partial charge in [0.2, 0.25) is 5.91 Å². The number of hydrogen-bond donors (Lipinski definition) is 1. The van der Waals surface area contributed by atoms with Crippen LogP contribution in [0.3, 0.4) is 0 Å². The molecule has 0 unspecified atom stereocenters. The van der Waals surface area contributed by atoms with Crippen molar-refractivity contribution < 1.29 is 19.1 Å². The highest BCUT2D eigenvalue weighted by molar-refractivity contribution is 6.31. The van der Waals surface area contributed by atoms with E-state index in [1.807, 2.05) is 0 Å². The molecule has 3 rings (SSSR count). The normalized spacial score (nSPS) is 13.7. The number of rotatable bonds is 6. The molecule has 2 amide bonds. The third-order valence-corrected chi connectivity index (χ3v) is 4.38. The second-order valence-electron chi connectivity index (χ2n) is 5.91. The molecule has 26 heavy (non-hydrogen) atoms. The molecule has 0 saturated carbocycles. The first-order chi connectivity index (χ1) is 12.5. The van der Waals surface area contributed by atoms with E-state index in [2.05, 4.69) is 0 Å². The highest BCUT2D eigenvalue weighted by Crippen LogP contribution is 2.24. The minimum absolute atomic E-state index is 0.0918. The Morgan fingerprint density at radius 3 is 2.50 bits per heavy atom. The van der Waals surface area contributed by atoms with Gasteiger partial charge in [0.15, 0.2) is 12.4 Å². The third-order valence-electron chi connectivity index (χ3n) is 4.14. The molecule has 2 aromatic rings. The lowest BCUT2D eigenvalue weighted by molar-refractivity contribution is -0.117. The van der Waals surface area contributed by atoms with Crippen LogP contribution < -0.4 is 15.4 Å². The third kappa shape index (κ3) is 3.86. The van der Waals surface area contributed by atoms with E-state index in [-0.39, 0.29) is 29.6 Å². The van der Waals surface area contributed by atoms with Crippen LogP contribution in [-0.2, 0) is 4.79 Å². The van der Waals surface area contributed by atoms with Crippen molar-refractivity contribution in [3.63, 3.8) is 0 Å². The average molecular weight is 373 g/mol. The van der Waals surface area contributed by atoms with Gasteiger partial charge in [0, 0.05) is 29.2 Å². The zero-order chi connectivity index (χ0) is 18.7. The van der Waals surface area contributed by atoms with Gasteiger partial charge in [-0.2, -0.15) is 0 Å². The molecule has 0 spiro atoms. The Kier molecular flexibility index (Phi) is 5.23. The first kappa shape index (κ1) is 17.9. The number of hydrogen-bond acceptors (Lipinski definition) is 4. The molecule has 2 N–H and O–H groups in total. The summed E-state index contributed by atoms with van der Waals surface area (Å²) in [6, 6.07) is 11.2. The minimum atomic E-state index is -0.686. The van der Waals surface area contributed by atoms with E-state index in [9.17, 15) is 14.4 Å². The Morgan fingerprint density at radius 1 is 1.15 bits per heavy atom. The van der Waals surface area contributed by atoms with Crippen LogP contribution in [0.5, 0.6) is 5.75 Å². The summed E-state index contributed by atoms with van der Waals surface area (Å²) >= 11 is 5.84. The van der Waals surface area contributed by atoms with Crippen LogP contribution in [-0.4, -0.2) is 30.7 Å². The van der Waals surface area contributed by atoms with Crippen molar-refractivity contribution in [2.24, 2.45) is 5.73 Å². The summed E-state index contributed by atoms with van der Waals surface area (Å²) in [5.41, 5.74) is 6.64. The quantitative estimate of drug-likeness (QED) is 0.789. The number of amides is 2. The van der Waals surface area contributed by atoms with E-state index >= 15 is 0 Å². The smallest absolute Gasteiger partial charge is 0.252 e. The van der Waals surface area contributed by atoms with Gasteiger partial charge in [0.25, 0.3) is 5.91 Å². The maximum Gasteiger partial charge on any atom is 0.252 e. The standard InChI is InChI=1S/C19H17ClN2O4/c20-13-5-8-17(15(10-13)19(21)25)26-11-16(23)12-3-6-14(7-4-12)22-9-1-2-18(22)24/h3-8,10H,1-2,9,11H2,(H2,21,25). The summed E-state index contributed by atoms with van der Waals surface area (Å²) in [6.07, 6.45) is 1.40. The number of primary amides is 1. The molecule has 0 aliphatic carbocycles. The Bertz CT molecular complexity index is 864. The van der Waals surface area contributed by atoms with E-state index in [1.165, 1.54) is 12.1 Å². The van der Waals surface area contributed by atoms with Gasteiger partial charge < -0.3 is 15.4 Å². The summed E-state index contributed by atoms with van der Waals surface area (Å²) in [6.45, 7) is 0.450. The van der Waals surface area contributed by atoms with Crippen molar-refractivity contribution in [2.45, 2.75) is 12.8 Å². The van der Waals surface area contributed by atoms with Gasteiger partial charge in [0.05, 0.1) is 5.56 Å². The fraction of sp³-hybridized carbons (Fsp3) is 0.211. The van der Waals surface area contributed by atoms with Gasteiger partial charge in [-0.05, 0) is 48.9 Å². The van der Waals surface area contributed by atoms with Crippen LogP contribution in [0.15, 0.2) is 42.5 Å². The summed E-state index contributed by atoms with van der Waals surface area (Å²) in [4.78, 5) is 37.2. The van der Waals surface area contributed by atoms with Crippen molar-refractivity contribution in [1.29, 1.82) is 0 Å². The number of nitrogens with zero attached hydrogens (tertiary/aromatic N) is 1. The summed E-state index contributed by atoms with van der Waals surface area (Å²) in [7, 11) is 0. The van der Waals surface area contributed by atoms with Gasteiger partial charge >= 0.3 is 0 Å². The first-order valence-electron chi connectivity index (χ1n) is 8.11. The SMILES string of the molecule is NC(=O)c1cc(Cl)ccc1OCC(=O)c1ccc(N2CCCC2=O)cc1. The van der Waals surface area contributed by atoms with Crippen LogP contribution in [0.4, 0.5) is 5.69 Å². The largest absolute Gasteiger partial charge is 0.485 e. The molecule has 2 aromatic carbocycles. The molecule has 0 atom stereocenters. The molecule has 1 aliphatic rings. The van der Waals surface area contributed by atoms with Crippen LogP contribution in [0.2, 0.25) is 5.02 Å². The zero-order valence-corrected chi connectivity index (χ0v) is 14.7. The monoisotopic (exact) mass is 372 g/mol. The Balaban J connectivity index is 1.67. The second-order valence-corrected chi connectivity index (χ2v) is 6.35. The van der Waals surface area contributed by atoms with Crippen molar-refractivity contribution in [2.75, 3.05) is 18.1 Å². The molecule has 6 nitrogen and oxygen atoms in total. The van der Waals surface area contributed by atoms with Crippen molar-refractivity contribution in [1.82, 2.24) is 0 Å². The number of halogens is 1. The van der Waals surface area contributed by atoms with E-state index in [0.29, 0.717) is 23.6 Å². The number of ketones is 1. The molecule has 0 radical (unpaired) electrons. The lowest BCUT2D eigenvalue weighted by Crippen LogP contribution is -2.23. The zero-order valence-electron chi connectivity index (χ0n) is 13.9. The van der Waals surface area contributed by atoms with Crippen molar-refractivity contribution in [3.8, 4) is 5.75 Å². The topological polar surface area (TPSA) is 89.7 Å². The summed E-state index contributed by atoms with van der Waals surface area (Å²) in [5, 5.41) is 0.351. The summed E-state index contributed by atoms with van der Waals surface area (Å²) in [5.74, 6) is -0.645. The number of benzene rings is 2. The van der Waals surface area contributed by atoms with Gasteiger partial charge in [-0.3, -0.25) is 14.4 Å². The molecular weight excluding hydrogens is 356 g/mol. The van der Waals surface area contributed by atoms with Gasteiger partial charge in [-0.1, -0.05) is 11.6 Å². The predicted octanol–water partition coefficient (Wildman–Crippen LogP) is 2.83. The lowest BCUT2D eigenvalue weighted by atomic mass is 10.1. The number of anilines is 1. The lowest BCUT2D eigenvalue weighted by Gasteiger charge is -2.15. The maximum atomic E-state index is 12.3. The predicted molar refractivity (Wildman–Crippen MR) is 97.8 cm³/mol. The van der Waals surface area contributed by atoms with Crippen molar-refractivity contribution >= 4 is 34.9 Å². The Hall–Kier alpha value is -2.86. The minimum Gasteiger partial charge on any atom is -0.485 e. The number of carbonyl (C=O) groups excluding carboxylic acids is 3. The highest BCUT2D eigenvalue weighted by Gasteiger charge is 2.21. The Morgan fingerprint density at radius 2 is 1.88 bits per heavy atom. The van der Waals surface area contributed by atoms with Crippen LogP contribution in [0.25, 0.3) is 0 Å². The van der Waals surface area contributed by atoms with Gasteiger partial charge in [-0.15, -0.1) is 0 Å². The molecule has 0 bridgehead atoms. The molecule has 7 heteroatoms. The van der Waals surface area contributed by atoms with E-state index in [1.54, 1.807) is 35.2 Å². The van der Waals surface area contributed by atoms with E-state index < -0.39 is 5.91 Å². The van der Waals surface area contributed by atoms with Crippen LogP contribution >= 0.6 is 11.6 Å². The van der Waals surface area contributed by atoms with Gasteiger partial charge in [0.1, 0.15) is 5.75 Å². The fourth-order valence-corrected chi connectivity index (χ4v) is 2.97. The number of nitrogens with two attached hydrogens (primary N) is 1. The van der Waals surface area contributed by atoms with Gasteiger partial charge in [-0.25, -0.2) is 0 Å². The highest BCUT2D eigenvalue weighted by atomic mass is 35.5. The van der Waals surface area contributed by atoms with E-state index in [4.69, 9.17) is 22.1 Å². The molecule has 0 aromatic heterocycles.